The van der Waals surface area contributed by atoms with E-state index in [2.05, 4.69) is 10.4 Å². The van der Waals surface area contributed by atoms with Crippen molar-refractivity contribution in [2.24, 2.45) is 0 Å². The van der Waals surface area contributed by atoms with Crippen molar-refractivity contribution in [3.8, 4) is 22.7 Å². The lowest BCUT2D eigenvalue weighted by Gasteiger charge is -2.10. The number of non-ortho nitro benzene ring substituents is 1. The number of rotatable bonds is 6. The Hall–Kier alpha value is -4.46. The van der Waals surface area contributed by atoms with Gasteiger partial charge in [-0.15, -0.1) is 0 Å². The highest BCUT2D eigenvalue weighted by molar-refractivity contribution is 6.04. The van der Waals surface area contributed by atoms with E-state index >= 15 is 0 Å². The molecule has 0 saturated carbocycles. The van der Waals surface area contributed by atoms with Crippen LogP contribution in [0.15, 0.2) is 72.8 Å². The van der Waals surface area contributed by atoms with Gasteiger partial charge in [0.05, 0.1) is 23.4 Å². The number of aromatic nitrogens is 2. The van der Waals surface area contributed by atoms with Crippen molar-refractivity contribution in [1.29, 1.82) is 0 Å². The van der Waals surface area contributed by atoms with E-state index < -0.39 is 4.92 Å². The molecule has 0 spiro atoms. The zero-order valence-corrected chi connectivity index (χ0v) is 18.4. The number of nitro benzene ring substituents is 1. The molecule has 3 aromatic carbocycles. The van der Waals surface area contributed by atoms with Crippen LogP contribution in [0.25, 0.3) is 16.9 Å². The third-order valence-electron chi connectivity index (χ3n) is 5.38. The highest BCUT2D eigenvalue weighted by atomic mass is 16.6. The number of nitrogens with zero attached hydrogens (tertiary/aromatic N) is 3. The lowest BCUT2D eigenvalue weighted by Crippen LogP contribution is -2.17. The maximum Gasteiger partial charge on any atom is 0.274 e. The summed E-state index contributed by atoms with van der Waals surface area (Å²) in [6.07, 6.45) is 0. The number of aryl methyl sites for hydroxylation is 2. The average molecular weight is 442 g/mol. The van der Waals surface area contributed by atoms with Gasteiger partial charge in [0.1, 0.15) is 11.4 Å². The van der Waals surface area contributed by atoms with Crippen LogP contribution in [0, 0.1) is 24.0 Å². The topological polar surface area (TPSA) is 99.3 Å². The molecule has 0 radical (unpaired) electrons. The largest absolute Gasteiger partial charge is 0.497 e. The van der Waals surface area contributed by atoms with Crippen molar-refractivity contribution in [3.63, 3.8) is 0 Å². The molecular weight excluding hydrogens is 420 g/mol. The second kappa shape index (κ2) is 8.96. The molecule has 0 aliphatic carbocycles. The SMILES string of the molecule is COc1cccc(-c2cc(C(=O)Nc3ccc(C)c(C)c3)n(-c3ccc([N+](=O)[O-])cc3)n2)c1. The van der Waals surface area contributed by atoms with Crippen molar-refractivity contribution in [1.82, 2.24) is 9.78 Å². The van der Waals surface area contributed by atoms with Crippen LogP contribution >= 0.6 is 0 Å². The summed E-state index contributed by atoms with van der Waals surface area (Å²) in [4.78, 5) is 23.8. The molecule has 166 valence electrons. The molecule has 0 aliphatic rings. The van der Waals surface area contributed by atoms with Gasteiger partial charge in [0.15, 0.2) is 0 Å². The highest BCUT2D eigenvalue weighted by Gasteiger charge is 2.19. The van der Waals surface area contributed by atoms with Crippen molar-refractivity contribution >= 4 is 17.3 Å². The fourth-order valence-electron chi connectivity index (χ4n) is 3.39. The first kappa shape index (κ1) is 21.8. The number of benzene rings is 3. The van der Waals surface area contributed by atoms with E-state index in [1.165, 1.54) is 16.8 Å². The maximum absolute atomic E-state index is 13.2. The second-order valence-electron chi connectivity index (χ2n) is 7.59. The third-order valence-corrected chi connectivity index (χ3v) is 5.38. The summed E-state index contributed by atoms with van der Waals surface area (Å²) in [5.74, 6) is 0.316. The summed E-state index contributed by atoms with van der Waals surface area (Å²) in [5.41, 5.74) is 4.98. The van der Waals surface area contributed by atoms with E-state index in [1.54, 1.807) is 25.3 Å². The van der Waals surface area contributed by atoms with Gasteiger partial charge in [0.25, 0.3) is 11.6 Å². The number of anilines is 1. The smallest absolute Gasteiger partial charge is 0.274 e. The van der Waals surface area contributed by atoms with Crippen LogP contribution in [0.5, 0.6) is 5.75 Å². The molecule has 0 unspecified atom stereocenters. The molecule has 8 heteroatoms. The molecule has 33 heavy (non-hydrogen) atoms. The van der Waals surface area contributed by atoms with Crippen LogP contribution in [0.2, 0.25) is 0 Å². The molecule has 1 N–H and O–H groups in total. The van der Waals surface area contributed by atoms with Crippen LogP contribution in [0.4, 0.5) is 11.4 Å². The second-order valence-corrected chi connectivity index (χ2v) is 7.59. The number of nitrogens with one attached hydrogen (secondary N) is 1. The Morgan fingerprint density at radius 3 is 2.42 bits per heavy atom. The molecule has 0 atom stereocenters. The first-order chi connectivity index (χ1) is 15.9. The van der Waals surface area contributed by atoms with Gasteiger partial charge in [-0.1, -0.05) is 18.2 Å². The van der Waals surface area contributed by atoms with Crippen molar-refractivity contribution < 1.29 is 14.5 Å². The predicted octanol–water partition coefficient (Wildman–Crippen LogP) is 5.33. The van der Waals surface area contributed by atoms with Crippen LogP contribution in [-0.2, 0) is 0 Å². The summed E-state index contributed by atoms with van der Waals surface area (Å²) < 4.78 is 6.78. The van der Waals surface area contributed by atoms with Crippen LogP contribution in [0.1, 0.15) is 21.6 Å². The van der Waals surface area contributed by atoms with Crippen molar-refractivity contribution in [2.45, 2.75) is 13.8 Å². The van der Waals surface area contributed by atoms with E-state index in [9.17, 15) is 14.9 Å². The molecule has 4 rings (SSSR count). The minimum Gasteiger partial charge on any atom is -0.497 e. The average Bonchev–Trinajstić information content (AvgIpc) is 3.27. The van der Waals surface area contributed by atoms with Gasteiger partial charge in [0, 0.05) is 23.4 Å². The van der Waals surface area contributed by atoms with Gasteiger partial charge >= 0.3 is 0 Å². The zero-order chi connectivity index (χ0) is 23.5. The van der Waals surface area contributed by atoms with Gasteiger partial charge in [-0.2, -0.15) is 5.10 Å². The minimum absolute atomic E-state index is 0.0416. The monoisotopic (exact) mass is 442 g/mol. The van der Waals surface area contributed by atoms with Gasteiger partial charge < -0.3 is 10.1 Å². The first-order valence-corrected chi connectivity index (χ1v) is 10.2. The Bertz CT molecular complexity index is 1340. The van der Waals surface area contributed by atoms with E-state index in [0.717, 1.165) is 16.7 Å². The third kappa shape index (κ3) is 4.59. The quantitative estimate of drug-likeness (QED) is 0.322. The van der Waals surface area contributed by atoms with E-state index in [1.807, 2.05) is 56.3 Å². The molecule has 0 saturated heterocycles. The number of methoxy groups -OCH3 is 1. The number of carbonyl (C=O) groups excluding carboxylic acids is 1. The van der Waals surface area contributed by atoms with Crippen LogP contribution in [-0.4, -0.2) is 27.7 Å². The van der Waals surface area contributed by atoms with E-state index in [0.29, 0.717) is 28.5 Å². The van der Waals surface area contributed by atoms with E-state index in [4.69, 9.17) is 4.74 Å². The van der Waals surface area contributed by atoms with Gasteiger partial charge in [-0.05, 0) is 67.4 Å². The lowest BCUT2D eigenvalue weighted by atomic mass is 10.1. The first-order valence-electron chi connectivity index (χ1n) is 10.2. The lowest BCUT2D eigenvalue weighted by molar-refractivity contribution is -0.384. The van der Waals surface area contributed by atoms with E-state index in [-0.39, 0.29) is 11.6 Å². The summed E-state index contributed by atoms with van der Waals surface area (Å²) >= 11 is 0. The summed E-state index contributed by atoms with van der Waals surface area (Å²) in [6.45, 7) is 3.98. The molecule has 1 aromatic heterocycles. The number of hydrogen-bond acceptors (Lipinski definition) is 5. The molecule has 4 aromatic rings. The van der Waals surface area contributed by atoms with Crippen molar-refractivity contribution in [2.75, 3.05) is 12.4 Å². The summed E-state index contributed by atoms with van der Waals surface area (Å²) in [7, 11) is 1.58. The Kier molecular flexibility index (Phi) is 5.91. The van der Waals surface area contributed by atoms with Crippen LogP contribution in [0.3, 0.4) is 0 Å². The molecule has 1 heterocycles. The predicted molar refractivity (Wildman–Crippen MR) is 126 cm³/mol. The number of ether oxygens (including phenoxy) is 1. The highest BCUT2D eigenvalue weighted by Crippen LogP contribution is 2.26. The minimum atomic E-state index is -0.470. The standard InChI is InChI=1S/C25H22N4O4/c1-16-7-8-19(13-17(16)2)26-25(30)24-15-23(18-5-4-6-22(14-18)33-3)27-28(24)20-9-11-21(12-10-20)29(31)32/h4-15H,1-3H3,(H,26,30). The Balaban J connectivity index is 1.77. The van der Waals surface area contributed by atoms with Gasteiger partial charge in [-0.3, -0.25) is 14.9 Å². The number of nitro groups is 1. The molecular formula is C25H22N4O4. The molecule has 0 aliphatic heterocycles. The maximum atomic E-state index is 13.2. The van der Waals surface area contributed by atoms with Gasteiger partial charge in [0.2, 0.25) is 0 Å². The fraction of sp³-hybridized carbons (Fsp3) is 0.120. The Morgan fingerprint density at radius 1 is 1.00 bits per heavy atom. The van der Waals surface area contributed by atoms with Crippen molar-refractivity contribution in [3.05, 3.63) is 99.7 Å². The summed E-state index contributed by atoms with van der Waals surface area (Å²) in [5, 5.41) is 18.6. The molecule has 1 amide bonds. The van der Waals surface area contributed by atoms with Crippen LogP contribution < -0.4 is 10.1 Å². The van der Waals surface area contributed by atoms with Gasteiger partial charge in [-0.25, -0.2) is 4.68 Å². The Labute approximate surface area is 190 Å². The number of amides is 1. The Morgan fingerprint density at radius 2 is 1.76 bits per heavy atom. The number of carbonyl (C=O) groups is 1. The summed E-state index contributed by atoms with van der Waals surface area (Å²) in [6, 6.07) is 20.6. The molecule has 0 bridgehead atoms. The molecule has 0 fully saturated rings. The fourth-order valence-corrected chi connectivity index (χ4v) is 3.39. The number of hydrogen-bond donors (Lipinski definition) is 1. The molecule has 8 nitrogen and oxygen atoms in total. The zero-order valence-electron chi connectivity index (χ0n) is 18.4. The normalized spacial score (nSPS) is 10.6.